The molecule has 1 fully saturated rings. The normalized spacial score (nSPS) is 14.7. The number of nitrogens with zero attached hydrogens (tertiary/aromatic N) is 2. The SMILES string of the molecule is Cl.O=C(c1ccc([N+](=O)[O-])cc1Br)N1CCNCC1. The summed E-state index contributed by atoms with van der Waals surface area (Å²) in [5, 5.41) is 13.8. The molecule has 0 aliphatic carbocycles. The quantitative estimate of drug-likeness (QED) is 0.652. The summed E-state index contributed by atoms with van der Waals surface area (Å²) < 4.78 is 0.459. The fraction of sp³-hybridized carbons (Fsp3) is 0.364. The van der Waals surface area contributed by atoms with Gasteiger partial charge < -0.3 is 10.2 Å². The van der Waals surface area contributed by atoms with Crippen molar-refractivity contribution in [2.24, 2.45) is 0 Å². The van der Waals surface area contributed by atoms with Crippen LogP contribution >= 0.6 is 28.3 Å². The van der Waals surface area contributed by atoms with Gasteiger partial charge >= 0.3 is 0 Å². The van der Waals surface area contributed by atoms with Crippen molar-refractivity contribution in [1.82, 2.24) is 10.2 Å². The van der Waals surface area contributed by atoms with E-state index in [9.17, 15) is 14.9 Å². The fourth-order valence-corrected chi connectivity index (χ4v) is 2.37. The second kappa shape index (κ2) is 6.83. The number of rotatable bonds is 2. The smallest absolute Gasteiger partial charge is 0.270 e. The Hall–Kier alpha value is -1.18. The number of benzene rings is 1. The van der Waals surface area contributed by atoms with Gasteiger partial charge in [0.05, 0.1) is 10.5 Å². The summed E-state index contributed by atoms with van der Waals surface area (Å²) in [6, 6.07) is 4.20. The fourth-order valence-electron chi connectivity index (χ4n) is 1.83. The Labute approximate surface area is 124 Å². The number of halogens is 2. The predicted molar refractivity (Wildman–Crippen MR) is 76.8 cm³/mol. The molecule has 1 heterocycles. The molecular weight excluding hydrogens is 337 g/mol. The Bertz CT molecular complexity index is 492. The predicted octanol–water partition coefficient (Wildman–Crippen LogP) is 1.82. The van der Waals surface area contributed by atoms with Crippen LogP contribution in [-0.4, -0.2) is 41.9 Å². The summed E-state index contributed by atoms with van der Waals surface area (Å²) in [6.45, 7) is 2.86. The summed E-state index contributed by atoms with van der Waals surface area (Å²) in [5.74, 6) is -0.0988. The van der Waals surface area contributed by atoms with E-state index >= 15 is 0 Å². The monoisotopic (exact) mass is 349 g/mol. The number of piperazine rings is 1. The zero-order chi connectivity index (χ0) is 13.1. The number of hydrogen-bond donors (Lipinski definition) is 1. The number of carbonyl (C=O) groups excluding carboxylic acids is 1. The van der Waals surface area contributed by atoms with Crippen molar-refractivity contribution in [2.45, 2.75) is 0 Å². The van der Waals surface area contributed by atoms with Gasteiger partial charge in [0.15, 0.2) is 0 Å². The molecule has 0 aromatic heterocycles. The molecule has 1 aromatic carbocycles. The van der Waals surface area contributed by atoms with Crippen LogP contribution in [-0.2, 0) is 0 Å². The number of nitrogens with one attached hydrogen (secondary N) is 1. The Morgan fingerprint density at radius 2 is 2.00 bits per heavy atom. The lowest BCUT2D eigenvalue weighted by Crippen LogP contribution is -2.46. The van der Waals surface area contributed by atoms with Crippen LogP contribution in [0.3, 0.4) is 0 Å². The highest BCUT2D eigenvalue weighted by atomic mass is 79.9. The van der Waals surface area contributed by atoms with Crippen molar-refractivity contribution in [1.29, 1.82) is 0 Å². The van der Waals surface area contributed by atoms with E-state index in [4.69, 9.17) is 0 Å². The minimum atomic E-state index is -0.482. The topological polar surface area (TPSA) is 75.5 Å². The van der Waals surface area contributed by atoms with E-state index in [0.29, 0.717) is 23.1 Å². The summed E-state index contributed by atoms with van der Waals surface area (Å²) in [5.41, 5.74) is 0.432. The summed E-state index contributed by atoms with van der Waals surface area (Å²) >= 11 is 3.22. The minimum absolute atomic E-state index is 0. The van der Waals surface area contributed by atoms with Gasteiger partial charge in [-0.2, -0.15) is 0 Å². The lowest BCUT2D eigenvalue weighted by atomic mass is 10.1. The first-order valence-electron chi connectivity index (χ1n) is 5.53. The zero-order valence-corrected chi connectivity index (χ0v) is 12.4. The van der Waals surface area contributed by atoms with E-state index < -0.39 is 4.92 Å². The Kier molecular flexibility index (Phi) is 5.71. The van der Waals surface area contributed by atoms with Gasteiger partial charge in [-0.15, -0.1) is 12.4 Å². The molecule has 0 bridgehead atoms. The third-order valence-corrected chi connectivity index (χ3v) is 3.45. The lowest BCUT2D eigenvalue weighted by Gasteiger charge is -2.27. The molecule has 1 saturated heterocycles. The van der Waals surface area contributed by atoms with Crippen LogP contribution in [0.15, 0.2) is 22.7 Å². The summed E-state index contributed by atoms with van der Waals surface area (Å²) in [6.07, 6.45) is 0. The molecule has 8 heteroatoms. The van der Waals surface area contributed by atoms with Crippen molar-refractivity contribution in [3.05, 3.63) is 38.3 Å². The molecule has 1 N–H and O–H groups in total. The van der Waals surface area contributed by atoms with Gasteiger partial charge in [0.25, 0.3) is 11.6 Å². The first-order valence-corrected chi connectivity index (χ1v) is 6.33. The number of carbonyl (C=O) groups is 1. The number of non-ortho nitro benzene ring substituents is 1. The van der Waals surface area contributed by atoms with Crippen LogP contribution in [0.2, 0.25) is 0 Å². The number of hydrogen-bond acceptors (Lipinski definition) is 4. The largest absolute Gasteiger partial charge is 0.336 e. The van der Waals surface area contributed by atoms with Crippen LogP contribution in [0, 0.1) is 10.1 Å². The third-order valence-electron chi connectivity index (χ3n) is 2.80. The molecular formula is C11H13BrClN3O3. The maximum Gasteiger partial charge on any atom is 0.270 e. The molecule has 1 aliphatic heterocycles. The van der Waals surface area contributed by atoms with Crippen LogP contribution in [0.5, 0.6) is 0 Å². The van der Waals surface area contributed by atoms with E-state index in [0.717, 1.165) is 13.1 Å². The Morgan fingerprint density at radius 1 is 1.37 bits per heavy atom. The molecule has 1 aromatic rings. The molecule has 0 saturated carbocycles. The molecule has 0 unspecified atom stereocenters. The first kappa shape index (κ1) is 15.9. The molecule has 0 radical (unpaired) electrons. The number of amides is 1. The standard InChI is InChI=1S/C11H12BrN3O3.ClH/c12-10-7-8(15(17)18)1-2-9(10)11(16)14-5-3-13-4-6-14;/h1-2,7,13H,3-6H2;1H. The Balaban J connectivity index is 0.00000180. The van der Waals surface area contributed by atoms with Gasteiger partial charge in [0, 0.05) is 42.8 Å². The first-order chi connectivity index (χ1) is 8.59. The molecule has 104 valence electrons. The molecule has 0 spiro atoms. The highest BCUT2D eigenvalue weighted by Gasteiger charge is 2.21. The minimum Gasteiger partial charge on any atom is -0.336 e. The Morgan fingerprint density at radius 3 is 2.53 bits per heavy atom. The highest BCUT2D eigenvalue weighted by molar-refractivity contribution is 9.10. The van der Waals surface area contributed by atoms with Gasteiger partial charge in [0.1, 0.15) is 0 Å². The average Bonchev–Trinajstić information content (AvgIpc) is 2.38. The van der Waals surface area contributed by atoms with Gasteiger partial charge in [-0.05, 0) is 22.0 Å². The van der Waals surface area contributed by atoms with E-state index in [-0.39, 0.29) is 24.0 Å². The number of nitro benzene ring substituents is 1. The van der Waals surface area contributed by atoms with Crippen molar-refractivity contribution in [3.8, 4) is 0 Å². The molecule has 6 nitrogen and oxygen atoms in total. The third kappa shape index (κ3) is 3.65. The van der Waals surface area contributed by atoms with Crippen LogP contribution < -0.4 is 5.32 Å². The maximum absolute atomic E-state index is 12.2. The van der Waals surface area contributed by atoms with Crippen LogP contribution in [0.1, 0.15) is 10.4 Å². The van der Waals surface area contributed by atoms with Gasteiger partial charge in [-0.3, -0.25) is 14.9 Å². The average molecular weight is 351 g/mol. The van der Waals surface area contributed by atoms with Crippen molar-refractivity contribution < 1.29 is 9.72 Å². The van der Waals surface area contributed by atoms with Crippen molar-refractivity contribution in [2.75, 3.05) is 26.2 Å². The van der Waals surface area contributed by atoms with Crippen LogP contribution in [0.25, 0.3) is 0 Å². The summed E-state index contributed by atoms with van der Waals surface area (Å²) in [7, 11) is 0. The molecule has 2 rings (SSSR count). The molecule has 19 heavy (non-hydrogen) atoms. The van der Waals surface area contributed by atoms with E-state index in [1.165, 1.54) is 18.2 Å². The lowest BCUT2D eigenvalue weighted by molar-refractivity contribution is -0.384. The second-order valence-electron chi connectivity index (χ2n) is 3.96. The number of nitro groups is 1. The highest BCUT2D eigenvalue weighted by Crippen LogP contribution is 2.24. The second-order valence-corrected chi connectivity index (χ2v) is 4.82. The maximum atomic E-state index is 12.2. The molecule has 0 atom stereocenters. The van der Waals surface area contributed by atoms with E-state index in [1.807, 2.05) is 0 Å². The van der Waals surface area contributed by atoms with Crippen LogP contribution in [0.4, 0.5) is 5.69 Å². The van der Waals surface area contributed by atoms with Gasteiger partial charge in [-0.1, -0.05) is 0 Å². The van der Waals surface area contributed by atoms with Gasteiger partial charge in [-0.25, -0.2) is 0 Å². The molecule has 1 aliphatic rings. The van der Waals surface area contributed by atoms with Crippen molar-refractivity contribution in [3.63, 3.8) is 0 Å². The van der Waals surface area contributed by atoms with Gasteiger partial charge in [0.2, 0.25) is 0 Å². The zero-order valence-electron chi connectivity index (χ0n) is 9.97. The van der Waals surface area contributed by atoms with E-state index in [1.54, 1.807) is 4.90 Å². The van der Waals surface area contributed by atoms with E-state index in [2.05, 4.69) is 21.2 Å². The summed E-state index contributed by atoms with van der Waals surface area (Å²) in [4.78, 5) is 24.1. The van der Waals surface area contributed by atoms with Crippen molar-refractivity contribution >= 4 is 39.9 Å². The molecule has 1 amide bonds.